The van der Waals surface area contributed by atoms with E-state index in [1.165, 1.54) is 5.01 Å². The van der Waals surface area contributed by atoms with Gasteiger partial charge < -0.3 is 5.11 Å². The maximum atomic E-state index is 11.8. The Morgan fingerprint density at radius 3 is 1.57 bits per heavy atom. The number of hydrogen-bond donors (Lipinski definition) is 2. The minimum atomic E-state index is -4.29. The number of halogens is 7. The van der Waals surface area contributed by atoms with Crippen molar-refractivity contribution in [2.75, 3.05) is 26.2 Å². The zero-order valence-corrected chi connectivity index (χ0v) is 22.9. The number of hydrazine groups is 1. The van der Waals surface area contributed by atoms with Crippen molar-refractivity contribution in [1.29, 1.82) is 0 Å². The summed E-state index contributed by atoms with van der Waals surface area (Å²) in [6.07, 6.45) is -10.6. The molecule has 0 saturated carbocycles. The molecule has 202 valence electrons. The first-order valence-electron chi connectivity index (χ1n) is 10.0. The molecule has 2 rings (SSSR count). The van der Waals surface area contributed by atoms with E-state index in [0.717, 1.165) is 11.9 Å². The Morgan fingerprint density at radius 1 is 0.914 bits per heavy atom. The summed E-state index contributed by atoms with van der Waals surface area (Å²) < 4.78 is 70.8. The van der Waals surface area contributed by atoms with Crippen molar-refractivity contribution in [3.8, 4) is 0 Å². The number of Topliss-reactive ketones (excluding diaryl/α,β-unsaturated/α-hetero) is 2. The molecule has 3 N–H and O–H groups in total. The van der Waals surface area contributed by atoms with Gasteiger partial charge in [0.1, 0.15) is 11.6 Å². The molecule has 17 heteroatoms. The van der Waals surface area contributed by atoms with E-state index in [1.807, 2.05) is 0 Å². The quantitative estimate of drug-likeness (QED) is 0.198. The Kier molecular flexibility index (Phi) is 19.6. The van der Waals surface area contributed by atoms with Crippen LogP contribution in [0.3, 0.4) is 0 Å². The molecule has 2 heterocycles. The van der Waals surface area contributed by atoms with Gasteiger partial charge in [-0.1, -0.05) is 0 Å². The van der Waals surface area contributed by atoms with Gasteiger partial charge >= 0.3 is 12.4 Å². The Labute approximate surface area is 217 Å². The topological polar surface area (TPSA) is 133 Å². The zero-order valence-electron chi connectivity index (χ0n) is 19.1. The van der Waals surface area contributed by atoms with Crippen LogP contribution in [0.4, 0.5) is 26.3 Å². The molecule has 2 unspecified atom stereocenters. The Balaban J connectivity index is -0.000000484. The van der Waals surface area contributed by atoms with E-state index in [4.69, 9.17) is 15.7 Å². The fourth-order valence-corrected chi connectivity index (χ4v) is 3.07. The van der Waals surface area contributed by atoms with Crippen molar-refractivity contribution in [1.82, 2.24) is 10.0 Å². The van der Waals surface area contributed by atoms with Crippen LogP contribution in [0, 0.1) is 16.7 Å². The Morgan fingerprint density at radius 2 is 1.29 bits per heavy atom. The van der Waals surface area contributed by atoms with Crippen LogP contribution < -0.4 is 5.84 Å². The van der Waals surface area contributed by atoms with Gasteiger partial charge in [0.05, 0.1) is 18.1 Å². The molecule has 0 spiro atoms. The third-order valence-electron chi connectivity index (χ3n) is 4.72. The van der Waals surface area contributed by atoms with E-state index < -0.39 is 55.7 Å². The molecule has 0 amide bonds. The maximum absolute atomic E-state index is 11.8. The van der Waals surface area contributed by atoms with Gasteiger partial charge in [-0.2, -0.15) is 26.3 Å². The molecule has 2 aliphatic heterocycles. The second-order valence-corrected chi connectivity index (χ2v) is 7.64. The number of hydrogen-bond acceptors (Lipinski definition) is 7. The van der Waals surface area contributed by atoms with Gasteiger partial charge in [0, 0.05) is 77.3 Å². The summed E-state index contributed by atoms with van der Waals surface area (Å²) in [7, 11) is 0. The summed E-state index contributed by atoms with van der Waals surface area (Å²) in [5.41, 5.74) is 0. The largest absolute Gasteiger partial charge is 0.481 e. The maximum Gasteiger partial charge on any atom is 0.389 e. The van der Waals surface area contributed by atoms with Gasteiger partial charge in [-0.15, -0.1) is 17.3 Å². The third-order valence-corrected chi connectivity index (χ3v) is 4.72. The van der Waals surface area contributed by atoms with Gasteiger partial charge in [-0.25, -0.2) is 5.01 Å². The SMILES string of the molecule is CC(=O)O.Cl.NN1CCC(C(=O)CCC(F)(F)F)C1.O=NN1CCC(C(=O)CCC(F)(F)F)C1.[Zn]. The summed E-state index contributed by atoms with van der Waals surface area (Å²) in [6.45, 7) is 2.56. The van der Waals surface area contributed by atoms with Crippen LogP contribution in [-0.4, -0.2) is 71.2 Å². The first-order valence-corrected chi connectivity index (χ1v) is 10.0. The summed E-state index contributed by atoms with van der Waals surface area (Å²) in [6, 6.07) is 0. The van der Waals surface area contributed by atoms with Gasteiger partial charge in [0.2, 0.25) is 0 Å². The molecular weight excluding hydrogens is 567 g/mol. The minimum Gasteiger partial charge on any atom is -0.481 e. The number of nitroso groups, excluding NO2 is 1. The van der Waals surface area contributed by atoms with E-state index in [0.29, 0.717) is 32.5 Å². The van der Waals surface area contributed by atoms with Crippen molar-refractivity contribution >= 4 is 29.9 Å². The van der Waals surface area contributed by atoms with Crippen LogP contribution in [0.1, 0.15) is 45.4 Å². The predicted octanol–water partition coefficient (Wildman–Crippen LogP) is 3.51. The van der Waals surface area contributed by atoms with Crippen molar-refractivity contribution in [3.05, 3.63) is 4.91 Å². The number of carboxylic acids is 1. The van der Waals surface area contributed by atoms with Crippen molar-refractivity contribution in [2.24, 2.45) is 23.0 Å². The predicted molar refractivity (Wildman–Crippen MR) is 110 cm³/mol. The standard InChI is InChI=1S/C8H11F3N2O2.C8H13F3N2O.C2H4O2.ClH.Zn/c9-8(10,11)3-1-7(14)6-2-4-13(5-6)12-15;9-8(10,11)3-1-7(14)6-2-4-13(12)5-6;1-2(3)4;;/h6H,1-5H2;6H,1-5,12H2;1H3,(H,3,4);1H;. The molecule has 0 aromatic heterocycles. The fourth-order valence-electron chi connectivity index (χ4n) is 3.07. The summed E-state index contributed by atoms with van der Waals surface area (Å²) >= 11 is 0. The van der Waals surface area contributed by atoms with Crippen molar-refractivity contribution in [3.63, 3.8) is 0 Å². The van der Waals surface area contributed by atoms with Crippen LogP contribution in [0.25, 0.3) is 0 Å². The molecule has 0 bridgehead atoms. The second-order valence-electron chi connectivity index (χ2n) is 7.64. The molecule has 0 aliphatic carbocycles. The Hall–Kier alpha value is -1.38. The molecule has 9 nitrogen and oxygen atoms in total. The van der Waals surface area contributed by atoms with E-state index in [-0.39, 0.29) is 50.1 Å². The number of ketones is 2. The zero-order chi connectivity index (χ0) is 25.8. The van der Waals surface area contributed by atoms with Gasteiger partial charge in [-0.3, -0.25) is 25.2 Å². The number of rotatable bonds is 7. The number of nitrogens with zero attached hydrogens (tertiary/aromatic N) is 3. The molecule has 2 atom stereocenters. The molecule has 35 heavy (non-hydrogen) atoms. The number of carboxylic acid groups (broad SMARTS) is 1. The number of carbonyl (C=O) groups excluding carboxylic acids is 2. The fraction of sp³-hybridized carbons (Fsp3) is 0.833. The minimum absolute atomic E-state index is 0. The Bertz CT molecular complexity index is 668. The monoisotopic (exact) mass is 594 g/mol. The molecule has 0 aromatic carbocycles. The first kappa shape index (κ1) is 38.2. The van der Waals surface area contributed by atoms with E-state index in [9.17, 15) is 40.8 Å². The van der Waals surface area contributed by atoms with Crippen LogP contribution >= 0.6 is 12.4 Å². The molecule has 2 aliphatic rings. The molecule has 0 radical (unpaired) electrons. The smallest absolute Gasteiger partial charge is 0.389 e. The number of carbonyl (C=O) groups is 3. The molecule has 2 fully saturated rings. The van der Waals surface area contributed by atoms with Crippen molar-refractivity contribution in [2.45, 2.75) is 57.8 Å². The van der Waals surface area contributed by atoms with Crippen molar-refractivity contribution < 1.29 is 65.3 Å². The summed E-state index contributed by atoms with van der Waals surface area (Å²) in [5, 5.41) is 12.7. The second kappa shape index (κ2) is 18.0. The third kappa shape index (κ3) is 20.5. The number of aliphatic carboxylic acids is 1. The number of alkyl halides is 6. The normalized spacial score (nSPS) is 19.7. The average Bonchev–Trinajstić information content (AvgIpc) is 3.32. The van der Waals surface area contributed by atoms with Crippen LogP contribution in [0.15, 0.2) is 5.29 Å². The van der Waals surface area contributed by atoms with E-state index in [1.54, 1.807) is 0 Å². The number of nitrogens with two attached hydrogens (primary N) is 1. The van der Waals surface area contributed by atoms with Gasteiger partial charge in [-0.05, 0) is 12.8 Å². The first-order chi connectivity index (χ1) is 15.0. The van der Waals surface area contributed by atoms with Gasteiger partial charge in [0.25, 0.3) is 5.97 Å². The summed E-state index contributed by atoms with van der Waals surface area (Å²) in [4.78, 5) is 41.6. The molecular formula is C18H29ClF6N4O5Zn. The van der Waals surface area contributed by atoms with Crippen LogP contribution in [-0.2, 0) is 33.9 Å². The van der Waals surface area contributed by atoms with E-state index in [2.05, 4.69) is 5.29 Å². The summed E-state index contributed by atoms with van der Waals surface area (Å²) in [5.74, 6) is 3.04. The molecule has 2 saturated heterocycles. The van der Waals surface area contributed by atoms with Crippen LogP contribution in [0.2, 0.25) is 0 Å². The van der Waals surface area contributed by atoms with Crippen LogP contribution in [0.5, 0.6) is 0 Å². The average molecular weight is 596 g/mol. The molecule has 0 aromatic rings. The van der Waals surface area contributed by atoms with Gasteiger partial charge in [0.15, 0.2) is 0 Å². The van der Waals surface area contributed by atoms with E-state index >= 15 is 0 Å².